The minimum atomic E-state index is -3.11. The summed E-state index contributed by atoms with van der Waals surface area (Å²) < 4.78 is 23.2. The molecule has 2 rings (SSSR count). The normalized spacial score (nSPS) is 20.9. The number of carbonyl (C=O) groups excluding carboxylic acids is 1. The third-order valence-electron chi connectivity index (χ3n) is 3.08. The van der Waals surface area contributed by atoms with Gasteiger partial charge in [-0.1, -0.05) is 23.2 Å². The van der Waals surface area contributed by atoms with Gasteiger partial charge >= 0.3 is 0 Å². The topological polar surface area (TPSA) is 54.5 Å². The van der Waals surface area contributed by atoms with Gasteiger partial charge in [-0.15, -0.1) is 11.6 Å². The number of anilines is 1. The fourth-order valence-corrected chi connectivity index (χ4v) is 4.62. The van der Waals surface area contributed by atoms with Gasteiger partial charge in [-0.25, -0.2) is 8.42 Å². The Kier molecular flexibility index (Phi) is 4.84. The Labute approximate surface area is 132 Å². The zero-order valence-corrected chi connectivity index (χ0v) is 13.4. The predicted molar refractivity (Wildman–Crippen MR) is 81.7 cm³/mol. The highest BCUT2D eigenvalue weighted by atomic mass is 35.5. The molecule has 1 saturated heterocycles. The average Bonchev–Trinajstić information content (AvgIpc) is 2.68. The number of benzene rings is 1. The molecule has 0 saturated carbocycles. The number of halogens is 3. The second kappa shape index (κ2) is 6.10. The van der Waals surface area contributed by atoms with Crippen molar-refractivity contribution in [3.63, 3.8) is 0 Å². The summed E-state index contributed by atoms with van der Waals surface area (Å²) in [5.41, 5.74) is 0.468. The minimum Gasteiger partial charge on any atom is -0.307 e. The van der Waals surface area contributed by atoms with Crippen molar-refractivity contribution in [1.29, 1.82) is 0 Å². The lowest BCUT2D eigenvalue weighted by atomic mass is 10.2. The third kappa shape index (κ3) is 3.58. The first-order valence-corrected chi connectivity index (χ1v) is 8.98. The van der Waals surface area contributed by atoms with Crippen molar-refractivity contribution >= 4 is 56.2 Å². The van der Waals surface area contributed by atoms with Gasteiger partial charge in [0, 0.05) is 15.7 Å². The van der Waals surface area contributed by atoms with Crippen molar-refractivity contribution in [2.45, 2.75) is 12.5 Å². The van der Waals surface area contributed by atoms with Gasteiger partial charge in [0.2, 0.25) is 5.91 Å². The number of sulfone groups is 1. The molecule has 8 heteroatoms. The molecule has 1 aliphatic rings. The molecule has 1 heterocycles. The van der Waals surface area contributed by atoms with Gasteiger partial charge in [0.05, 0.1) is 17.5 Å². The van der Waals surface area contributed by atoms with E-state index < -0.39 is 15.9 Å². The van der Waals surface area contributed by atoms with E-state index in [4.69, 9.17) is 34.8 Å². The van der Waals surface area contributed by atoms with Crippen LogP contribution in [0.25, 0.3) is 0 Å². The molecule has 0 N–H and O–H groups in total. The van der Waals surface area contributed by atoms with Crippen LogP contribution in [0.3, 0.4) is 0 Å². The lowest BCUT2D eigenvalue weighted by Gasteiger charge is -2.28. The quantitative estimate of drug-likeness (QED) is 0.783. The van der Waals surface area contributed by atoms with Crippen LogP contribution in [0.5, 0.6) is 0 Å². The van der Waals surface area contributed by atoms with Crippen LogP contribution in [-0.4, -0.2) is 37.8 Å². The number of carbonyl (C=O) groups is 1. The van der Waals surface area contributed by atoms with E-state index >= 15 is 0 Å². The first-order chi connectivity index (χ1) is 9.32. The van der Waals surface area contributed by atoms with E-state index in [0.29, 0.717) is 22.2 Å². The van der Waals surface area contributed by atoms with Crippen LogP contribution in [0.15, 0.2) is 18.2 Å². The van der Waals surface area contributed by atoms with Gasteiger partial charge in [0.25, 0.3) is 0 Å². The molecule has 1 aromatic carbocycles. The van der Waals surface area contributed by atoms with Gasteiger partial charge in [0.1, 0.15) is 5.88 Å². The fraction of sp³-hybridized carbons (Fsp3) is 0.417. The molecule has 1 unspecified atom stereocenters. The summed E-state index contributed by atoms with van der Waals surface area (Å²) >= 11 is 17.5. The summed E-state index contributed by atoms with van der Waals surface area (Å²) in [4.78, 5) is 13.4. The molecule has 20 heavy (non-hydrogen) atoms. The summed E-state index contributed by atoms with van der Waals surface area (Å²) in [6.45, 7) is 0. The number of alkyl halides is 1. The predicted octanol–water partition coefficient (Wildman–Crippen LogP) is 2.75. The molecule has 1 fully saturated rings. The van der Waals surface area contributed by atoms with Crippen LogP contribution >= 0.6 is 34.8 Å². The van der Waals surface area contributed by atoms with Crippen LogP contribution < -0.4 is 4.90 Å². The van der Waals surface area contributed by atoms with Crippen molar-refractivity contribution in [3.05, 3.63) is 28.2 Å². The maximum Gasteiger partial charge on any atom is 0.242 e. The number of hydrogen-bond donors (Lipinski definition) is 0. The van der Waals surface area contributed by atoms with E-state index in [1.165, 1.54) is 4.90 Å². The van der Waals surface area contributed by atoms with E-state index in [1.807, 2.05) is 0 Å². The molecule has 4 nitrogen and oxygen atoms in total. The summed E-state index contributed by atoms with van der Waals surface area (Å²) in [6, 6.07) is 4.26. The van der Waals surface area contributed by atoms with E-state index in [9.17, 15) is 13.2 Å². The zero-order chi connectivity index (χ0) is 14.9. The first-order valence-electron chi connectivity index (χ1n) is 5.87. The Morgan fingerprint density at radius 2 is 1.85 bits per heavy atom. The van der Waals surface area contributed by atoms with Crippen molar-refractivity contribution in [3.8, 4) is 0 Å². The van der Waals surface area contributed by atoms with Crippen molar-refractivity contribution in [1.82, 2.24) is 0 Å². The fourth-order valence-electron chi connectivity index (χ4n) is 2.28. The lowest BCUT2D eigenvalue weighted by Crippen LogP contribution is -2.42. The van der Waals surface area contributed by atoms with Crippen LogP contribution in [0.4, 0.5) is 5.69 Å². The van der Waals surface area contributed by atoms with Crippen LogP contribution in [-0.2, 0) is 14.6 Å². The molecule has 1 aliphatic heterocycles. The smallest absolute Gasteiger partial charge is 0.242 e. The highest BCUT2D eigenvalue weighted by molar-refractivity contribution is 7.91. The minimum absolute atomic E-state index is 0.0675. The summed E-state index contributed by atoms with van der Waals surface area (Å²) in [5, 5.41) is 0.751. The molecule has 0 spiro atoms. The van der Waals surface area contributed by atoms with E-state index in [2.05, 4.69) is 0 Å². The monoisotopic (exact) mass is 355 g/mol. The average molecular weight is 357 g/mol. The number of rotatable bonds is 3. The van der Waals surface area contributed by atoms with E-state index in [0.717, 1.165) is 0 Å². The summed E-state index contributed by atoms with van der Waals surface area (Å²) in [7, 11) is -3.11. The third-order valence-corrected chi connectivity index (χ3v) is 5.50. The molecule has 1 aromatic rings. The Morgan fingerprint density at radius 1 is 1.25 bits per heavy atom. The molecule has 0 aliphatic carbocycles. The molecule has 1 amide bonds. The molecular weight excluding hydrogens is 345 g/mol. The van der Waals surface area contributed by atoms with Crippen LogP contribution in [0.2, 0.25) is 10.0 Å². The van der Waals surface area contributed by atoms with Crippen molar-refractivity contribution < 1.29 is 13.2 Å². The molecule has 110 valence electrons. The first kappa shape index (κ1) is 15.9. The highest BCUT2D eigenvalue weighted by Crippen LogP contribution is 2.30. The molecule has 0 bridgehead atoms. The van der Waals surface area contributed by atoms with Gasteiger partial charge < -0.3 is 4.90 Å². The maximum absolute atomic E-state index is 12.0. The summed E-state index contributed by atoms with van der Waals surface area (Å²) in [6.07, 6.45) is 0.384. The van der Waals surface area contributed by atoms with Gasteiger partial charge in [-0.3, -0.25) is 4.79 Å². The van der Waals surface area contributed by atoms with Crippen molar-refractivity contribution in [2.24, 2.45) is 0 Å². The number of hydrogen-bond acceptors (Lipinski definition) is 3. The van der Waals surface area contributed by atoms with Crippen LogP contribution in [0, 0.1) is 0 Å². The maximum atomic E-state index is 12.0. The van der Waals surface area contributed by atoms with Gasteiger partial charge in [0.15, 0.2) is 9.84 Å². The lowest BCUT2D eigenvalue weighted by molar-refractivity contribution is -0.116. The number of amides is 1. The highest BCUT2D eigenvalue weighted by Gasteiger charge is 2.35. The second-order valence-electron chi connectivity index (χ2n) is 4.58. The summed E-state index contributed by atoms with van der Waals surface area (Å²) in [5.74, 6) is -0.606. The Morgan fingerprint density at radius 3 is 2.30 bits per heavy atom. The molecule has 0 aromatic heterocycles. The molecule has 0 radical (unpaired) electrons. The zero-order valence-electron chi connectivity index (χ0n) is 10.4. The SMILES string of the molecule is O=C(CCl)N(c1cc(Cl)cc(Cl)c1)C1CCS(=O)(=O)C1. The van der Waals surface area contributed by atoms with E-state index in [-0.39, 0.29) is 23.3 Å². The molecular formula is C12H12Cl3NO3S. The van der Waals surface area contributed by atoms with Gasteiger partial charge in [-0.2, -0.15) is 0 Å². The van der Waals surface area contributed by atoms with Crippen LogP contribution in [0.1, 0.15) is 6.42 Å². The Hall–Kier alpha value is -0.490. The largest absolute Gasteiger partial charge is 0.307 e. The second-order valence-corrected chi connectivity index (χ2v) is 7.95. The molecule has 1 atom stereocenters. The van der Waals surface area contributed by atoms with Crippen molar-refractivity contribution in [2.75, 3.05) is 22.3 Å². The number of nitrogens with zero attached hydrogens (tertiary/aromatic N) is 1. The van der Waals surface area contributed by atoms with E-state index in [1.54, 1.807) is 18.2 Å². The standard InChI is InChI=1S/C12H12Cl3NO3S/c13-6-12(17)16(10-1-2-20(18,19)7-10)11-4-8(14)3-9(15)5-11/h3-5,10H,1-2,6-7H2. The Balaban J connectivity index is 2.40. The van der Waals surface area contributed by atoms with Gasteiger partial charge in [-0.05, 0) is 24.6 Å². The Bertz CT molecular complexity index is 613.